The number of methoxy groups -OCH3 is 1. The summed E-state index contributed by atoms with van der Waals surface area (Å²) >= 11 is 0. The molecule has 28 heavy (non-hydrogen) atoms. The fourth-order valence-electron chi connectivity index (χ4n) is 3.74. The molecule has 2 N–H and O–H groups in total. The first-order valence-electron chi connectivity index (χ1n) is 9.31. The Bertz CT molecular complexity index is 1160. The number of hydrogen-bond donors (Lipinski definition) is 1. The molecule has 0 aliphatic heterocycles. The zero-order valence-electron chi connectivity index (χ0n) is 16.6. The van der Waals surface area contributed by atoms with E-state index in [4.69, 9.17) is 15.5 Å². The van der Waals surface area contributed by atoms with Crippen molar-refractivity contribution in [3.05, 3.63) is 71.7 Å². The number of fused-ring (bicyclic) bond motifs is 1. The average Bonchev–Trinajstić information content (AvgIpc) is 3.07. The molecule has 142 valence electrons. The van der Waals surface area contributed by atoms with Gasteiger partial charge in [-0.2, -0.15) is 0 Å². The van der Waals surface area contributed by atoms with Crippen molar-refractivity contribution in [2.24, 2.45) is 7.05 Å². The van der Waals surface area contributed by atoms with Crippen LogP contribution in [0.4, 0.5) is 5.82 Å². The molecule has 5 heteroatoms. The van der Waals surface area contributed by atoms with Gasteiger partial charge in [0.1, 0.15) is 17.4 Å². The first-order valence-corrected chi connectivity index (χ1v) is 9.31. The molecule has 0 radical (unpaired) electrons. The zero-order valence-corrected chi connectivity index (χ0v) is 16.6. The van der Waals surface area contributed by atoms with Crippen LogP contribution in [-0.2, 0) is 7.05 Å². The Morgan fingerprint density at radius 2 is 1.89 bits per heavy atom. The van der Waals surface area contributed by atoms with Gasteiger partial charge in [-0.3, -0.25) is 0 Å². The van der Waals surface area contributed by atoms with Crippen molar-refractivity contribution in [3.63, 3.8) is 0 Å². The highest BCUT2D eigenvalue weighted by Gasteiger charge is 2.21. The summed E-state index contributed by atoms with van der Waals surface area (Å²) in [7, 11) is 3.72. The number of nitrogen functional groups attached to an aromatic ring is 1. The van der Waals surface area contributed by atoms with Gasteiger partial charge in [0.05, 0.1) is 12.8 Å². The van der Waals surface area contributed by atoms with E-state index in [1.807, 2.05) is 32.2 Å². The molecule has 2 aromatic carbocycles. The number of nitrogens with two attached hydrogens (primary N) is 1. The molecular formula is C23H24N4O. The third-order valence-electron chi connectivity index (χ3n) is 5.28. The van der Waals surface area contributed by atoms with Crippen molar-refractivity contribution in [2.75, 3.05) is 12.8 Å². The summed E-state index contributed by atoms with van der Waals surface area (Å²) in [6.45, 7) is 4.00. The predicted molar refractivity (Wildman–Crippen MR) is 114 cm³/mol. The topological polar surface area (TPSA) is 66.0 Å². The largest absolute Gasteiger partial charge is 0.497 e. The van der Waals surface area contributed by atoms with E-state index in [1.54, 1.807) is 7.11 Å². The Hall–Kier alpha value is -3.34. The fraction of sp³-hybridized carbons (Fsp3) is 0.217. The van der Waals surface area contributed by atoms with E-state index in [0.717, 1.165) is 33.7 Å². The van der Waals surface area contributed by atoms with Gasteiger partial charge in [-0.05, 0) is 42.1 Å². The normalized spacial score (nSPS) is 12.3. The first kappa shape index (κ1) is 18.0. The van der Waals surface area contributed by atoms with Crippen LogP contribution in [0.3, 0.4) is 0 Å². The van der Waals surface area contributed by atoms with Crippen molar-refractivity contribution in [3.8, 4) is 17.0 Å². The molecule has 1 atom stereocenters. The van der Waals surface area contributed by atoms with E-state index in [1.165, 1.54) is 5.39 Å². The molecule has 0 bridgehead atoms. The summed E-state index contributed by atoms with van der Waals surface area (Å²) in [5, 5.41) is 1.20. The van der Waals surface area contributed by atoms with Crippen molar-refractivity contribution in [2.45, 2.75) is 19.8 Å². The first-order chi connectivity index (χ1) is 13.5. The maximum atomic E-state index is 6.40. The molecule has 4 aromatic rings. The highest BCUT2D eigenvalue weighted by molar-refractivity contribution is 5.86. The minimum Gasteiger partial charge on any atom is -0.497 e. The monoisotopic (exact) mass is 372 g/mol. The van der Waals surface area contributed by atoms with E-state index in [-0.39, 0.29) is 5.92 Å². The van der Waals surface area contributed by atoms with E-state index in [9.17, 15) is 0 Å². The Morgan fingerprint density at radius 3 is 2.68 bits per heavy atom. The lowest BCUT2D eigenvalue weighted by Gasteiger charge is -2.19. The molecule has 0 amide bonds. The fourth-order valence-corrected chi connectivity index (χ4v) is 3.74. The van der Waals surface area contributed by atoms with Crippen LogP contribution in [0, 0.1) is 6.92 Å². The Balaban J connectivity index is 1.90. The van der Waals surface area contributed by atoms with Crippen LogP contribution in [0.2, 0.25) is 0 Å². The lowest BCUT2D eigenvalue weighted by atomic mass is 9.89. The third-order valence-corrected chi connectivity index (χ3v) is 5.28. The molecule has 0 aliphatic carbocycles. The van der Waals surface area contributed by atoms with E-state index >= 15 is 0 Å². The molecule has 0 fully saturated rings. The summed E-state index contributed by atoms with van der Waals surface area (Å²) in [5.74, 6) is 2.03. The van der Waals surface area contributed by atoms with Crippen molar-refractivity contribution >= 4 is 16.7 Å². The predicted octanol–water partition coefficient (Wildman–Crippen LogP) is 4.69. The SMILES string of the molecule is COc1cccc(C(C)c2c(N)nc(C)nc2-c2ccc3ccn(C)c3c2)c1. The van der Waals surface area contributed by atoms with E-state index in [2.05, 4.69) is 53.0 Å². The van der Waals surface area contributed by atoms with Gasteiger partial charge in [0.2, 0.25) is 0 Å². The number of rotatable bonds is 4. The number of aryl methyl sites for hydroxylation is 2. The Kier molecular flexibility index (Phi) is 4.51. The van der Waals surface area contributed by atoms with Crippen LogP contribution in [0.15, 0.2) is 54.7 Å². The quantitative estimate of drug-likeness (QED) is 0.564. The molecular weight excluding hydrogens is 348 g/mol. The Labute approximate surface area is 164 Å². The summed E-state index contributed by atoms with van der Waals surface area (Å²) < 4.78 is 7.50. The summed E-state index contributed by atoms with van der Waals surface area (Å²) in [6.07, 6.45) is 2.06. The van der Waals surface area contributed by atoms with Crippen molar-refractivity contribution in [1.29, 1.82) is 0 Å². The maximum absolute atomic E-state index is 6.40. The van der Waals surface area contributed by atoms with Crippen LogP contribution >= 0.6 is 0 Å². The highest BCUT2D eigenvalue weighted by atomic mass is 16.5. The van der Waals surface area contributed by atoms with Gasteiger partial charge < -0.3 is 15.0 Å². The zero-order chi connectivity index (χ0) is 19.8. The molecule has 4 rings (SSSR count). The molecule has 2 aromatic heterocycles. The van der Waals surface area contributed by atoms with Crippen LogP contribution < -0.4 is 10.5 Å². The standard InChI is InChI=1S/C23H24N4O/c1-14(17-6-5-7-19(12-17)28-4)21-22(25-15(2)26-23(21)24)18-9-8-16-10-11-27(3)20(16)13-18/h5-14H,1-4H3,(H2,24,25,26). The molecule has 0 aliphatic rings. The van der Waals surface area contributed by atoms with Gasteiger partial charge in [-0.25, -0.2) is 9.97 Å². The summed E-state index contributed by atoms with van der Waals surface area (Å²) in [6, 6.07) is 16.5. The molecule has 2 heterocycles. The minimum atomic E-state index is 0.0230. The van der Waals surface area contributed by atoms with Crippen LogP contribution in [0.5, 0.6) is 5.75 Å². The second kappa shape index (κ2) is 7.00. The van der Waals surface area contributed by atoms with Gasteiger partial charge in [0.15, 0.2) is 0 Å². The van der Waals surface area contributed by atoms with Gasteiger partial charge in [0.25, 0.3) is 0 Å². The average molecular weight is 372 g/mol. The third kappa shape index (κ3) is 3.09. The lowest BCUT2D eigenvalue weighted by Crippen LogP contribution is -2.09. The van der Waals surface area contributed by atoms with E-state index in [0.29, 0.717) is 11.6 Å². The van der Waals surface area contributed by atoms with Gasteiger partial charge in [-0.1, -0.05) is 31.2 Å². The summed E-state index contributed by atoms with van der Waals surface area (Å²) in [4.78, 5) is 9.23. The van der Waals surface area contributed by atoms with E-state index < -0.39 is 0 Å². The lowest BCUT2D eigenvalue weighted by molar-refractivity contribution is 0.414. The number of aromatic nitrogens is 3. The van der Waals surface area contributed by atoms with Gasteiger partial charge in [-0.15, -0.1) is 0 Å². The molecule has 0 saturated heterocycles. The van der Waals surface area contributed by atoms with Crippen LogP contribution in [0.1, 0.15) is 29.8 Å². The van der Waals surface area contributed by atoms with Crippen molar-refractivity contribution < 1.29 is 4.74 Å². The molecule has 5 nitrogen and oxygen atoms in total. The van der Waals surface area contributed by atoms with Gasteiger partial charge in [0, 0.05) is 35.8 Å². The van der Waals surface area contributed by atoms with Gasteiger partial charge >= 0.3 is 0 Å². The number of anilines is 1. The minimum absolute atomic E-state index is 0.0230. The summed E-state index contributed by atoms with van der Waals surface area (Å²) in [5.41, 5.74) is 11.5. The Morgan fingerprint density at radius 1 is 1.07 bits per heavy atom. The van der Waals surface area contributed by atoms with Crippen molar-refractivity contribution in [1.82, 2.24) is 14.5 Å². The smallest absolute Gasteiger partial charge is 0.131 e. The highest BCUT2D eigenvalue weighted by Crippen LogP contribution is 2.37. The van der Waals surface area contributed by atoms with Crippen LogP contribution in [0.25, 0.3) is 22.2 Å². The molecule has 1 unspecified atom stereocenters. The number of hydrogen-bond acceptors (Lipinski definition) is 4. The second-order valence-electron chi connectivity index (χ2n) is 7.12. The number of ether oxygens (including phenoxy) is 1. The molecule has 0 spiro atoms. The van der Waals surface area contributed by atoms with Crippen LogP contribution in [-0.4, -0.2) is 21.6 Å². The second-order valence-corrected chi connectivity index (χ2v) is 7.12. The maximum Gasteiger partial charge on any atom is 0.131 e. The number of benzene rings is 2. The number of nitrogens with zero attached hydrogens (tertiary/aromatic N) is 3. The molecule has 0 saturated carbocycles.